The predicted molar refractivity (Wildman–Crippen MR) is 126 cm³/mol. The Hall–Kier alpha value is -4.17. The average molecular weight is 515 g/mol. The van der Waals surface area contributed by atoms with E-state index in [0.717, 1.165) is 23.1 Å². The summed E-state index contributed by atoms with van der Waals surface area (Å²) in [4.78, 5) is 27.5. The van der Waals surface area contributed by atoms with Crippen molar-refractivity contribution in [1.29, 1.82) is 10.7 Å². The minimum atomic E-state index is -4.67. The van der Waals surface area contributed by atoms with Crippen LogP contribution in [0.5, 0.6) is 0 Å². The molecule has 11 heteroatoms. The second-order valence-corrected chi connectivity index (χ2v) is 8.07. The summed E-state index contributed by atoms with van der Waals surface area (Å²) in [5.74, 6) is -4.71. The molecule has 8 nitrogen and oxygen atoms in total. The van der Waals surface area contributed by atoms with Crippen LogP contribution < -0.4 is 4.90 Å². The molecule has 0 amide bonds. The lowest BCUT2D eigenvalue weighted by atomic mass is 9.75. The first-order valence-electron chi connectivity index (χ1n) is 11.3. The highest BCUT2D eigenvalue weighted by Gasteiger charge is 2.47. The Balaban J connectivity index is 2.30. The van der Waals surface area contributed by atoms with Crippen LogP contribution in [-0.2, 0) is 25.2 Å². The molecular formula is C26H24F3N3O5. The quantitative estimate of drug-likeness (QED) is 0.531. The van der Waals surface area contributed by atoms with Crippen LogP contribution in [0.1, 0.15) is 36.5 Å². The summed E-state index contributed by atoms with van der Waals surface area (Å²) in [6.07, 6.45) is -4.67. The Morgan fingerprint density at radius 3 is 2.41 bits per heavy atom. The molecule has 0 saturated heterocycles. The molecule has 1 heterocycles. The van der Waals surface area contributed by atoms with Crippen molar-refractivity contribution >= 4 is 23.5 Å². The highest BCUT2D eigenvalue weighted by atomic mass is 19.4. The van der Waals surface area contributed by atoms with Crippen molar-refractivity contribution in [1.82, 2.24) is 0 Å². The van der Waals surface area contributed by atoms with Gasteiger partial charge in [0.15, 0.2) is 0 Å². The summed E-state index contributed by atoms with van der Waals surface area (Å²) in [5, 5.41) is 27.2. The fourth-order valence-corrected chi connectivity index (χ4v) is 4.24. The Bertz CT molecular complexity index is 1270. The van der Waals surface area contributed by atoms with Gasteiger partial charge in [-0.3, -0.25) is 10.2 Å². The van der Waals surface area contributed by atoms with Gasteiger partial charge in [-0.2, -0.15) is 18.4 Å². The number of allylic oxidation sites excluding steroid dienone is 1. The number of aliphatic hydroxyl groups excluding tert-OH is 1. The third-order valence-corrected chi connectivity index (χ3v) is 5.82. The smallest absolute Gasteiger partial charge is 0.416 e. The number of nitrogens with one attached hydrogen (secondary N) is 1. The van der Waals surface area contributed by atoms with E-state index in [1.807, 2.05) is 6.07 Å². The molecule has 194 valence electrons. The van der Waals surface area contributed by atoms with Gasteiger partial charge in [-0.25, -0.2) is 4.79 Å². The van der Waals surface area contributed by atoms with Gasteiger partial charge in [0.05, 0.1) is 36.0 Å². The molecule has 0 aliphatic carbocycles. The number of hydrogen-bond donors (Lipinski definition) is 2. The zero-order chi connectivity index (χ0) is 27.3. The van der Waals surface area contributed by atoms with E-state index in [1.54, 1.807) is 6.92 Å². The zero-order valence-corrected chi connectivity index (χ0v) is 20.0. The number of halogens is 3. The number of alkyl halides is 3. The fraction of sp³-hybridized carbons (Fsp3) is 0.308. The molecule has 2 unspecified atom stereocenters. The summed E-state index contributed by atoms with van der Waals surface area (Å²) >= 11 is 0. The lowest BCUT2D eigenvalue weighted by Crippen LogP contribution is -2.48. The maximum atomic E-state index is 13.4. The number of carbonyl (C=O) groups excluding carboxylic acids is 2. The Labute approximate surface area is 211 Å². The minimum Gasteiger partial charge on any atom is -0.465 e. The van der Waals surface area contributed by atoms with Crippen LogP contribution in [0.15, 0.2) is 59.8 Å². The number of anilines is 1. The molecule has 0 spiro atoms. The van der Waals surface area contributed by atoms with E-state index in [-0.39, 0.29) is 30.2 Å². The Morgan fingerprint density at radius 2 is 1.84 bits per heavy atom. The van der Waals surface area contributed by atoms with Gasteiger partial charge in [-0.1, -0.05) is 18.2 Å². The van der Waals surface area contributed by atoms with Crippen LogP contribution in [0.2, 0.25) is 0 Å². The van der Waals surface area contributed by atoms with Gasteiger partial charge >= 0.3 is 18.1 Å². The van der Waals surface area contributed by atoms with Gasteiger partial charge in [-0.05, 0) is 49.7 Å². The predicted octanol–water partition coefficient (Wildman–Crippen LogP) is 4.15. The molecule has 3 rings (SSSR count). The van der Waals surface area contributed by atoms with Crippen molar-refractivity contribution in [2.24, 2.45) is 5.92 Å². The minimum absolute atomic E-state index is 0.0424. The lowest BCUT2D eigenvalue weighted by Gasteiger charge is -2.40. The van der Waals surface area contributed by atoms with Gasteiger partial charge in [0, 0.05) is 17.3 Å². The fourth-order valence-electron chi connectivity index (χ4n) is 4.24. The van der Waals surface area contributed by atoms with Crippen LogP contribution in [0.4, 0.5) is 18.9 Å². The highest BCUT2D eigenvalue weighted by Crippen LogP contribution is 2.44. The standard InChI is InChI=1S/C26H24F3N3O5/c1-3-36-25(35)22-21(17-9-7-16(14-30)8-10-17)20(24(34)37-12-11-33)15(2)32(23(22)31)19-6-4-5-18(13-19)26(27,28)29/h4-10,13,21-22,31,33H,3,11-12H2,1-2H3. The van der Waals surface area contributed by atoms with Gasteiger partial charge < -0.3 is 19.5 Å². The monoisotopic (exact) mass is 515 g/mol. The summed E-state index contributed by atoms with van der Waals surface area (Å²) in [7, 11) is 0. The SMILES string of the molecule is CCOC(=O)C1C(=N)N(c2cccc(C(F)(F)F)c2)C(C)=C(C(=O)OCCO)C1c1ccc(C#N)cc1. The third-order valence-electron chi connectivity index (χ3n) is 5.82. The molecule has 2 N–H and O–H groups in total. The lowest BCUT2D eigenvalue weighted by molar-refractivity contribution is -0.146. The summed E-state index contributed by atoms with van der Waals surface area (Å²) in [5.41, 5.74) is -0.375. The number of aliphatic hydroxyl groups is 1. The van der Waals surface area contributed by atoms with Crippen molar-refractivity contribution in [2.75, 3.05) is 24.7 Å². The van der Waals surface area contributed by atoms with Crippen molar-refractivity contribution in [3.05, 3.63) is 76.5 Å². The Kier molecular flexibility index (Phi) is 8.35. The first-order valence-corrected chi connectivity index (χ1v) is 11.3. The van der Waals surface area contributed by atoms with Gasteiger partial charge in [-0.15, -0.1) is 0 Å². The number of benzene rings is 2. The second-order valence-electron chi connectivity index (χ2n) is 8.07. The zero-order valence-electron chi connectivity index (χ0n) is 20.0. The molecule has 2 aromatic carbocycles. The van der Waals surface area contributed by atoms with Gasteiger partial charge in [0.2, 0.25) is 0 Å². The van der Waals surface area contributed by atoms with E-state index >= 15 is 0 Å². The van der Waals surface area contributed by atoms with E-state index < -0.39 is 48.0 Å². The average Bonchev–Trinajstić information content (AvgIpc) is 2.86. The molecule has 2 atom stereocenters. The number of carbonyl (C=O) groups is 2. The number of rotatable bonds is 7. The molecule has 1 aliphatic heterocycles. The maximum Gasteiger partial charge on any atom is 0.416 e. The number of amidine groups is 1. The van der Waals surface area contributed by atoms with Gasteiger partial charge in [0.1, 0.15) is 18.4 Å². The molecule has 0 bridgehead atoms. The second kappa shape index (κ2) is 11.3. The first kappa shape index (κ1) is 27.4. The molecule has 0 saturated carbocycles. The van der Waals surface area contributed by atoms with E-state index in [4.69, 9.17) is 25.3 Å². The van der Waals surface area contributed by atoms with Crippen molar-refractivity contribution in [2.45, 2.75) is 25.9 Å². The van der Waals surface area contributed by atoms with E-state index in [0.29, 0.717) is 11.1 Å². The summed E-state index contributed by atoms with van der Waals surface area (Å²) in [6, 6.07) is 12.2. The number of nitrogens with zero attached hydrogens (tertiary/aromatic N) is 2. The number of hydrogen-bond acceptors (Lipinski definition) is 7. The topological polar surface area (TPSA) is 124 Å². The summed E-state index contributed by atoms with van der Waals surface area (Å²) < 4.78 is 50.7. The van der Waals surface area contributed by atoms with Crippen LogP contribution in [0.25, 0.3) is 0 Å². The Morgan fingerprint density at radius 1 is 1.16 bits per heavy atom. The molecule has 0 radical (unpaired) electrons. The largest absolute Gasteiger partial charge is 0.465 e. The molecule has 37 heavy (non-hydrogen) atoms. The van der Waals surface area contributed by atoms with Crippen molar-refractivity contribution in [3.63, 3.8) is 0 Å². The van der Waals surface area contributed by atoms with Gasteiger partial charge in [0.25, 0.3) is 0 Å². The van der Waals surface area contributed by atoms with E-state index in [2.05, 4.69) is 0 Å². The number of esters is 2. The van der Waals surface area contributed by atoms with E-state index in [9.17, 15) is 22.8 Å². The summed E-state index contributed by atoms with van der Waals surface area (Å²) in [6.45, 7) is 2.11. The highest BCUT2D eigenvalue weighted by molar-refractivity contribution is 6.14. The van der Waals surface area contributed by atoms with Crippen molar-refractivity contribution in [3.8, 4) is 6.07 Å². The van der Waals surface area contributed by atoms with Crippen LogP contribution in [-0.4, -0.2) is 42.7 Å². The molecule has 2 aromatic rings. The molecule has 1 aliphatic rings. The molecule has 0 fully saturated rings. The van der Waals surface area contributed by atoms with Crippen LogP contribution in [0, 0.1) is 22.7 Å². The molecule has 0 aromatic heterocycles. The number of ether oxygens (including phenoxy) is 2. The van der Waals surface area contributed by atoms with Crippen LogP contribution >= 0.6 is 0 Å². The van der Waals surface area contributed by atoms with Crippen LogP contribution in [0.3, 0.4) is 0 Å². The van der Waals surface area contributed by atoms with Crippen molar-refractivity contribution < 1.29 is 37.3 Å². The number of nitriles is 1. The molecular weight excluding hydrogens is 491 g/mol. The first-order chi connectivity index (χ1) is 17.5. The normalized spacial score (nSPS) is 17.9. The maximum absolute atomic E-state index is 13.4. The van der Waals surface area contributed by atoms with E-state index in [1.165, 1.54) is 37.3 Å². The third kappa shape index (κ3) is 5.65.